The van der Waals surface area contributed by atoms with Crippen LogP contribution in [0.3, 0.4) is 0 Å². The Morgan fingerprint density at radius 1 is 1.56 bits per heavy atom. The summed E-state index contributed by atoms with van der Waals surface area (Å²) in [7, 11) is 0. The SMILES string of the molecule is O=C(O)c1cccc(Br)c1OCCC1CCCO1. The first-order chi connectivity index (χ1) is 8.68. The molecule has 0 amide bonds. The highest BCUT2D eigenvalue weighted by Gasteiger charge is 2.17. The molecule has 0 bridgehead atoms. The van der Waals surface area contributed by atoms with E-state index in [-0.39, 0.29) is 11.7 Å². The van der Waals surface area contributed by atoms with E-state index in [1.165, 1.54) is 6.07 Å². The lowest BCUT2D eigenvalue weighted by Crippen LogP contribution is -2.12. The van der Waals surface area contributed by atoms with Gasteiger partial charge in [0.2, 0.25) is 0 Å². The second-order valence-electron chi connectivity index (χ2n) is 4.19. The van der Waals surface area contributed by atoms with E-state index < -0.39 is 5.97 Å². The van der Waals surface area contributed by atoms with Crippen LogP contribution < -0.4 is 4.74 Å². The molecule has 1 aliphatic heterocycles. The Bertz CT molecular complexity index is 427. The van der Waals surface area contributed by atoms with Crippen molar-refractivity contribution in [3.05, 3.63) is 28.2 Å². The highest BCUT2D eigenvalue weighted by atomic mass is 79.9. The number of para-hydroxylation sites is 1. The normalized spacial score (nSPS) is 18.8. The average molecular weight is 315 g/mol. The third kappa shape index (κ3) is 3.23. The van der Waals surface area contributed by atoms with Crippen molar-refractivity contribution in [3.63, 3.8) is 0 Å². The van der Waals surface area contributed by atoms with Crippen LogP contribution in [0.1, 0.15) is 29.6 Å². The van der Waals surface area contributed by atoms with Crippen molar-refractivity contribution in [3.8, 4) is 5.75 Å². The van der Waals surface area contributed by atoms with E-state index in [1.807, 2.05) is 0 Å². The van der Waals surface area contributed by atoms with Gasteiger partial charge in [-0.2, -0.15) is 0 Å². The van der Waals surface area contributed by atoms with Gasteiger partial charge in [0.25, 0.3) is 0 Å². The number of aromatic carboxylic acids is 1. The van der Waals surface area contributed by atoms with E-state index in [4.69, 9.17) is 14.6 Å². The molecule has 0 spiro atoms. The maximum atomic E-state index is 11.1. The molecule has 1 heterocycles. The van der Waals surface area contributed by atoms with Crippen LogP contribution >= 0.6 is 15.9 Å². The highest BCUT2D eigenvalue weighted by Crippen LogP contribution is 2.29. The molecule has 1 aromatic carbocycles. The molecule has 4 nitrogen and oxygen atoms in total. The summed E-state index contributed by atoms with van der Waals surface area (Å²) in [5.74, 6) is -0.591. The van der Waals surface area contributed by atoms with E-state index in [0.717, 1.165) is 25.9 Å². The predicted octanol–water partition coefficient (Wildman–Crippen LogP) is 3.10. The van der Waals surface area contributed by atoms with Gasteiger partial charge in [-0.25, -0.2) is 4.79 Å². The minimum Gasteiger partial charge on any atom is -0.491 e. The van der Waals surface area contributed by atoms with Crippen LogP contribution in [0.15, 0.2) is 22.7 Å². The zero-order chi connectivity index (χ0) is 13.0. The van der Waals surface area contributed by atoms with Crippen LogP contribution in [0.5, 0.6) is 5.75 Å². The van der Waals surface area contributed by atoms with Crippen molar-refractivity contribution < 1.29 is 19.4 Å². The van der Waals surface area contributed by atoms with Crippen LogP contribution in [0.2, 0.25) is 0 Å². The molecule has 98 valence electrons. The molecule has 1 aromatic rings. The number of rotatable bonds is 5. The van der Waals surface area contributed by atoms with Crippen molar-refractivity contribution in [2.75, 3.05) is 13.2 Å². The van der Waals surface area contributed by atoms with Gasteiger partial charge in [0.05, 0.1) is 17.2 Å². The molecule has 1 unspecified atom stereocenters. The summed E-state index contributed by atoms with van der Waals surface area (Å²) < 4.78 is 11.7. The Morgan fingerprint density at radius 3 is 3.06 bits per heavy atom. The van der Waals surface area contributed by atoms with Crippen LogP contribution in [0.4, 0.5) is 0 Å². The number of benzene rings is 1. The molecule has 0 aliphatic carbocycles. The third-order valence-electron chi connectivity index (χ3n) is 2.91. The number of hydrogen-bond donors (Lipinski definition) is 1. The Balaban J connectivity index is 1.97. The molecular weight excluding hydrogens is 300 g/mol. The van der Waals surface area contributed by atoms with Crippen LogP contribution in [-0.4, -0.2) is 30.4 Å². The van der Waals surface area contributed by atoms with Crippen molar-refractivity contribution in [1.29, 1.82) is 0 Å². The lowest BCUT2D eigenvalue weighted by atomic mass is 10.2. The first-order valence-electron chi connectivity index (χ1n) is 5.94. The molecule has 2 rings (SSSR count). The summed E-state index contributed by atoms with van der Waals surface area (Å²) in [5, 5.41) is 9.08. The quantitative estimate of drug-likeness (QED) is 0.907. The maximum Gasteiger partial charge on any atom is 0.339 e. The predicted molar refractivity (Wildman–Crippen MR) is 70.2 cm³/mol. The van der Waals surface area contributed by atoms with E-state index in [0.29, 0.717) is 16.8 Å². The fourth-order valence-electron chi connectivity index (χ4n) is 1.99. The highest BCUT2D eigenvalue weighted by molar-refractivity contribution is 9.10. The summed E-state index contributed by atoms with van der Waals surface area (Å²) in [4.78, 5) is 11.1. The fraction of sp³-hybridized carbons (Fsp3) is 0.462. The van der Waals surface area contributed by atoms with Gasteiger partial charge in [-0.15, -0.1) is 0 Å². The average Bonchev–Trinajstić information content (AvgIpc) is 2.84. The Hall–Kier alpha value is -1.07. The summed E-state index contributed by atoms with van der Waals surface area (Å²) in [5.41, 5.74) is 0.178. The van der Waals surface area contributed by atoms with E-state index >= 15 is 0 Å². The summed E-state index contributed by atoms with van der Waals surface area (Å²) in [6.07, 6.45) is 3.20. The molecule has 1 N–H and O–H groups in total. The Morgan fingerprint density at radius 2 is 2.39 bits per heavy atom. The molecule has 1 fully saturated rings. The molecule has 1 saturated heterocycles. The number of carboxylic acids is 1. The van der Waals surface area contributed by atoms with E-state index in [1.54, 1.807) is 12.1 Å². The van der Waals surface area contributed by atoms with Crippen LogP contribution in [0, 0.1) is 0 Å². The van der Waals surface area contributed by atoms with Gasteiger partial charge in [0.1, 0.15) is 11.3 Å². The van der Waals surface area contributed by atoms with Crippen LogP contribution in [0.25, 0.3) is 0 Å². The third-order valence-corrected chi connectivity index (χ3v) is 3.53. The second-order valence-corrected chi connectivity index (χ2v) is 5.05. The first-order valence-corrected chi connectivity index (χ1v) is 6.74. The molecule has 0 aromatic heterocycles. The summed E-state index contributed by atoms with van der Waals surface area (Å²) in [6, 6.07) is 4.99. The number of carboxylic acid groups (broad SMARTS) is 1. The first kappa shape index (κ1) is 13.4. The molecule has 1 atom stereocenters. The van der Waals surface area contributed by atoms with Crippen LogP contribution in [-0.2, 0) is 4.74 Å². The van der Waals surface area contributed by atoms with Gasteiger partial charge in [0, 0.05) is 13.0 Å². The topological polar surface area (TPSA) is 55.8 Å². The fourth-order valence-corrected chi connectivity index (χ4v) is 2.47. The summed E-state index contributed by atoms with van der Waals surface area (Å²) in [6.45, 7) is 1.29. The number of hydrogen-bond acceptors (Lipinski definition) is 3. The smallest absolute Gasteiger partial charge is 0.339 e. The minimum absolute atomic E-state index is 0.178. The lowest BCUT2D eigenvalue weighted by molar-refractivity contribution is 0.0688. The minimum atomic E-state index is -0.983. The van der Waals surface area contributed by atoms with Gasteiger partial charge >= 0.3 is 5.97 Å². The summed E-state index contributed by atoms with van der Waals surface area (Å²) >= 11 is 3.31. The van der Waals surface area contributed by atoms with Crippen molar-refractivity contribution >= 4 is 21.9 Å². The number of carbonyl (C=O) groups is 1. The molecule has 1 aliphatic rings. The van der Waals surface area contributed by atoms with Gasteiger partial charge in [-0.1, -0.05) is 6.07 Å². The standard InChI is InChI=1S/C13H15BrO4/c14-11-5-1-4-10(13(15)16)12(11)18-8-6-9-3-2-7-17-9/h1,4-5,9H,2-3,6-8H2,(H,15,16). The molecule has 5 heteroatoms. The van der Waals surface area contributed by atoms with Gasteiger partial charge < -0.3 is 14.6 Å². The Kier molecular flexibility index (Phi) is 4.60. The van der Waals surface area contributed by atoms with Gasteiger partial charge in [0.15, 0.2) is 0 Å². The zero-order valence-electron chi connectivity index (χ0n) is 9.89. The number of ether oxygens (including phenoxy) is 2. The molecule has 18 heavy (non-hydrogen) atoms. The molecule has 0 radical (unpaired) electrons. The molecular formula is C13H15BrO4. The lowest BCUT2D eigenvalue weighted by Gasteiger charge is -2.13. The molecule has 0 saturated carbocycles. The largest absolute Gasteiger partial charge is 0.491 e. The monoisotopic (exact) mass is 314 g/mol. The van der Waals surface area contributed by atoms with Crippen molar-refractivity contribution in [1.82, 2.24) is 0 Å². The Labute approximate surface area is 114 Å². The van der Waals surface area contributed by atoms with E-state index in [9.17, 15) is 4.79 Å². The van der Waals surface area contributed by atoms with Gasteiger partial charge in [-0.3, -0.25) is 0 Å². The van der Waals surface area contributed by atoms with E-state index in [2.05, 4.69) is 15.9 Å². The second kappa shape index (κ2) is 6.20. The van der Waals surface area contributed by atoms with Crippen molar-refractivity contribution in [2.45, 2.75) is 25.4 Å². The van der Waals surface area contributed by atoms with Gasteiger partial charge in [-0.05, 0) is 40.9 Å². The number of halogens is 1. The zero-order valence-corrected chi connectivity index (χ0v) is 11.5. The maximum absolute atomic E-state index is 11.1. The van der Waals surface area contributed by atoms with Crippen molar-refractivity contribution in [2.24, 2.45) is 0 Å².